The number of aromatic nitrogens is 2. The van der Waals surface area contributed by atoms with Crippen LogP contribution < -0.4 is 5.73 Å². The molecule has 0 amide bonds. The van der Waals surface area contributed by atoms with Crippen LogP contribution >= 0.6 is 0 Å². The molecule has 2 rings (SSSR count). The monoisotopic (exact) mass is 227 g/mol. The normalized spacial score (nSPS) is 11.5. The fourth-order valence-corrected chi connectivity index (χ4v) is 1.63. The van der Waals surface area contributed by atoms with E-state index in [9.17, 15) is 0 Å². The van der Waals surface area contributed by atoms with Crippen molar-refractivity contribution in [2.24, 2.45) is 0 Å². The van der Waals surface area contributed by atoms with Gasteiger partial charge in [0.05, 0.1) is 0 Å². The van der Waals surface area contributed by atoms with Crippen molar-refractivity contribution in [3.8, 4) is 11.4 Å². The Morgan fingerprint density at radius 1 is 1.00 bits per heavy atom. The first-order chi connectivity index (χ1) is 7.97. The molecular weight excluding hydrogens is 210 g/mol. The predicted octanol–water partition coefficient (Wildman–Crippen LogP) is 3.02. The van der Waals surface area contributed by atoms with Crippen LogP contribution in [-0.2, 0) is 5.41 Å². The number of hydrogen-bond donors (Lipinski definition) is 1. The highest BCUT2D eigenvalue weighted by Gasteiger charge is 2.13. The lowest BCUT2D eigenvalue weighted by Gasteiger charge is -2.18. The third-order valence-corrected chi connectivity index (χ3v) is 2.69. The van der Waals surface area contributed by atoms with Gasteiger partial charge in [0.15, 0.2) is 5.82 Å². The van der Waals surface area contributed by atoms with Crippen LogP contribution in [0.1, 0.15) is 26.3 Å². The van der Waals surface area contributed by atoms with Crippen molar-refractivity contribution in [2.45, 2.75) is 26.2 Å². The van der Waals surface area contributed by atoms with Crippen molar-refractivity contribution in [2.75, 3.05) is 5.73 Å². The van der Waals surface area contributed by atoms with Crippen LogP contribution in [0.15, 0.2) is 36.5 Å². The highest BCUT2D eigenvalue weighted by molar-refractivity contribution is 5.57. The van der Waals surface area contributed by atoms with E-state index in [1.165, 1.54) is 5.56 Å². The molecule has 17 heavy (non-hydrogen) atoms. The van der Waals surface area contributed by atoms with Gasteiger partial charge in [-0.2, -0.15) is 0 Å². The standard InChI is InChI=1S/C14H17N3/c1-14(2,3)11-6-4-10(5-7-11)13-16-9-8-12(15)17-13/h4-9H,1-3H3,(H2,15,16,17). The van der Waals surface area contributed by atoms with Gasteiger partial charge in [-0.25, -0.2) is 9.97 Å². The zero-order valence-electron chi connectivity index (χ0n) is 10.4. The fraction of sp³-hybridized carbons (Fsp3) is 0.286. The average molecular weight is 227 g/mol. The molecule has 0 atom stereocenters. The molecule has 0 aliphatic carbocycles. The van der Waals surface area contributed by atoms with Gasteiger partial charge in [-0.1, -0.05) is 45.0 Å². The van der Waals surface area contributed by atoms with Crippen molar-refractivity contribution in [3.63, 3.8) is 0 Å². The minimum Gasteiger partial charge on any atom is -0.384 e. The zero-order valence-corrected chi connectivity index (χ0v) is 10.4. The maximum absolute atomic E-state index is 5.64. The summed E-state index contributed by atoms with van der Waals surface area (Å²) in [6, 6.07) is 9.99. The van der Waals surface area contributed by atoms with E-state index in [4.69, 9.17) is 5.73 Å². The number of nitrogen functional groups attached to an aromatic ring is 1. The summed E-state index contributed by atoms with van der Waals surface area (Å²) in [5.41, 5.74) is 8.09. The Balaban J connectivity index is 2.36. The fourth-order valence-electron chi connectivity index (χ4n) is 1.63. The Hall–Kier alpha value is -1.90. The van der Waals surface area contributed by atoms with Gasteiger partial charge < -0.3 is 5.73 Å². The molecule has 0 radical (unpaired) electrons. The summed E-state index contributed by atoms with van der Waals surface area (Å²) in [5, 5.41) is 0. The lowest BCUT2D eigenvalue weighted by Crippen LogP contribution is -2.10. The summed E-state index contributed by atoms with van der Waals surface area (Å²) in [6.07, 6.45) is 1.68. The summed E-state index contributed by atoms with van der Waals surface area (Å²) in [5.74, 6) is 1.17. The summed E-state index contributed by atoms with van der Waals surface area (Å²) < 4.78 is 0. The first kappa shape index (κ1) is 11.6. The van der Waals surface area contributed by atoms with Crippen LogP contribution in [0.4, 0.5) is 5.82 Å². The highest BCUT2D eigenvalue weighted by atomic mass is 14.9. The van der Waals surface area contributed by atoms with Crippen molar-refractivity contribution in [1.29, 1.82) is 0 Å². The molecule has 0 saturated heterocycles. The molecule has 0 aliphatic heterocycles. The van der Waals surface area contributed by atoms with E-state index in [2.05, 4.69) is 42.9 Å². The molecule has 0 saturated carbocycles. The van der Waals surface area contributed by atoms with E-state index in [1.807, 2.05) is 12.1 Å². The third-order valence-electron chi connectivity index (χ3n) is 2.69. The second kappa shape index (κ2) is 4.17. The molecule has 2 N–H and O–H groups in total. The first-order valence-electron chi connectivity index (χ1n) is 5.66. The average Bonchev–Trinajstić information content (AvgIpc) is 2.28. The molecule has 0 bridgehead atoms. The van der Waals surface area contributed by atoms with E-state index >= 15 is 0 Å². The van der Waals surface area contributed by atoms with Gasteiger partial charge in [-0.05, 0) is 17.0 Å². The number of nitrogens with two attached hydrogens (primary N) is 1. The second-order valence-electron chi connectivity index (χ2n) is 5.13. The predicted molar refractivity (Wildman–Crippen MR) is 70.6 cm³/mol. The third kappa shape index (κ3) is 2.61. The lowest BCUT2D eigenvalue weighted by atomic mass is 9.87. The second-order valence-corrected chi connectivity index (χ2v) is 5.13. The molecule has 0 spiro atoms. The molecule has 1 heterocycles. The van der Waals surface area contributed by atoms with Gasteiger partial charge in [0.1, 0.15) is 5.82 Å². The molecule has 3 nitrogen and oxygen atoms in total. The summed E-state index contributed by atoms with van der Waals surface area (Å²) >= 11 is 0. The van der Waals surface area contributed by atoms with Gasteiger partial charge in [-0.15, -0.1) is 0 Å². The van der Waals surface area contributed by atoms with Crippen molar-refractivity contribution >= 4 is 5.82 Å². The van der Waals surface area contributed by atoms with E-state index in [0.29, 0.717) is 11.6 Å². The molecule has 0 unspecified atom stereocenters. The summed E-state index contributed by atoms with van der Waals surface area (Å²) in [7, 11) is 0. The van der Waals surface area contributed by atoms with Crippen LogP contribution in [0, 0.1) is 0 Å². The Kier molecular flexibility index (Phi) is 2.84. The Labute approximate surface area is 102 Å². The molecule has 88 valence electrons. The quantitative estimate of drug-likeness (QED) is 0.814. The van der Waals surface area contributed by atoms with E-state index < -0.39 is 0 Å². The van der Waals surface area contributed by atoms with E-state index in [-0.39, 0.29) is 5.41 Å². The number of benzene rings is 1. The molecule has 1 aromatic carbocycles. The molecular formula is C14H17N3. The van der Waals surface area contributed by atoms with Crippen molar-refractivity contribution in [3.05, 3.63) is 42.1 Å². The van der Waals surface area contributed by atoms with E-state index in [1.54, 1.807) is 12.3 Å². The first-order valence-corrected chi connectivity index (χ1v) is 5.66. The maximum atomic E-state index is 5.64. The minimum absolute atomic E-state index is 0.162. The zero-order chi connectivity index (χ0) is 12.5. The topological polar surface area (TPSA) is 51.8 Å². The van der Waals surface area contributed by atoms with Crippen LogP contribution in [-0.4, -0.2) is 9.97 Å². The Bertz CT molecular complexity index is 510. The van der Waals surface area contributed by atoms with Crippen LogP contribution in [0.2, 0.25) is 0 Å². The number of anilines is 1. The number of hydrogen-bond acceptors (Lipinski definition) is 3. The number of nitrogens with zero attached hydrogens (tertiary/aromatic N) is 2. The lowest BCUT2D eigenvalue weighted by molar-refractivity contribution is 0.590. The van der Waals surface area contributed by atoms with Gasteiger partial charge >= 0.3 is 0 Å². The molecule has 0 aliphatic rings. The highest BCUT2D eigenvalue weighted by Crippen LogP contribution is 2.24. The molecule has 3 heteroatoms. The molecule has 0 fully saturated rings. The maximum Gasteiger partial charge on any atom is 0.161 e. The van der Waals surface area contributed by atoms with E-state index in [0.717, 1.165) is 5.56 Å². The van der Waals surface area contributed by atoms with Gasteiger partial charge in [0.25, 0.3) is 0 Å². The smallest absolute Gasteiger partial charge is 0.161 e. The minimum atomic E-state index is 0.162. The SMILES string of the molecule is CC(C)(C)c1ccc(-c2nccc(N)n2)cc1. The van der Waals surface area contributed by atoms with Crippen LogP contribution in [0.25, 0.3) is 11.4 Å². The van der Waals surface area contributed by atoms with Crippen molar-refractivity contribution in [1.82, 2.24) is 9.97 Å². The molecule has 1 aromatic heterocycles. The summed E-state index contributed by atoms with van der Waals surface area (Å²) in [4.78, 5) is 8.41. The van der Waals surface area contributed by atoms with Gasteiger partial charge in [0.2, 0.25) is 0 Å². The Morgan fingerprint density at radius 2 is 1.65 bits per heavy atom. The van der Waals surface area contributed by atoms with Crippen LogP contribution in [0.3, 0.4) is 0 Å². The summed E-state index contributed by atoms with van der Waals surface area (Å²) in [6.45, 7) is 6.58. The largest absolute Gasteiger partial charge is 0.384 e. The van der Waals surface area contributed by atoms with Gasteiger partial charge in [-0.3, -0.25) is 0 Å². The van der Waals surface area contributed by atoms with Gasteiger partial charge in [0, 0.05) is 11.8 Å². The Morgan fingerprint density at radius 3 is 2.18 bits per heavy atom. The molecule has 2 aromatic rings. The van der Waals surface area contributed by atoms with Crippen LogP contribution in [0.5, 0.6) is 0 Å². The number of rotatable bonds is 1. The van der Waals surface area contributed by atoms with Crippen molar-refractivity contribution < 1.29 is 0 Å².